The van der Waals surface area contributed by atoms with Crippen molar-refractivity contribution in [1.29, 1.82) is 0 Å². The van der Waals surface area contributed by atoms with Crippen molar-refractivity contribution in [3.63, 3.8) is 0 Å². The lowest BCUT2D eigenvalue weighted by atomic mass is 9.99. The summed E-state index contributed by atoms with van der Waals surface area (Å²) in [5.74, 6) is -0.900. The van der Waals surface area contributed by atoms with Crippen LogP contribution < -0.4 is 15.0 Å². The lowest BCUT2D eigenvalue weighted by Gasteiger charge is -2.38. The summed E-state index contributed by atoms with van der Waals surface area (Å²) >= 11 is 0. The van der Waals surface area contributed by atoms with Gasteiger partial charge in [0.1, 0.15) is 23.5 Å². The Labute approximate surface area is 206 Å². The number of hydrogen-bond acceptors (Lipinski definition) is 6. The van der Waals surface area contributed by atoms with Crippen molar-refractivity contribution in [2.45, 2.75) is 19.4 Å². The number of amides is 2. The predicted octanol–water partition coefficient (Wildman–Crippen LogP) is 3.43. The van der Waals surface area contributed by atoms with E-state index in [0.717, 1.165) is 23.6 Å². The lowest BCUT2D eigenvalue weighted by molar-refractivity contribution is -0.120. The van der Waals surface area contributed by atoms with E-state index in [1.807, 2.05) is 24.0 Å². The molecule has 1 aromatic heterocycles. The zero-order chi connectivity index (χ0) is 25.2. The van der Waals surface area contributed by atoms with Crippen LogP contribution in [-0.4, -0.2) is 59.2 Å². The fourth-order valence-electron chi connectivity index (χ4n) is 4.29. The average Bonchev–Trinajstić information content (AvgIpc) is 3.29. The normalized spacial score (nSPS) is 17.6. The quantitative estimate of drug-likeness (QED) is 0.566. The van der Waals surface area contributed by atoms with E-state index in [9.17, 15) is 18.4 Å². The molecule has 2 saturated heterocycles. The minimum atomic E-state index is -0.875. The van der Waals surface area contributed by atoms with E-state index in [1.54, 1.807) is 24.3 Å². The summed E-state index contributed by atoms with van der Waals surface area (Å²) in [4.78, 5) is 28.6. The fraction of sp³-hybridized carbons (Fsp3) is 0.308. The monoisotopic (exact) mass is 493 g/mol. The van der Waals surface area contributed by atoms with Gasteiger partial charge in [-0.25, -0.2) is 8.78 Å². The molecule has 2 fully saturated rings. The number of halogens is 2. The summed E-state index contributed by atoms with van der Waals surface area (Å²) in [6.07, 6.45) is 0.347. The molecule has 2 aliphatic rings. The Morgan fingerprint density at radius 1 is 1.00 bits per heavy atom. The summed E-state index contributed by atoms with van der Waals surface area (Å²) in [6, 6.07) is 13.8. The number of carbonyl (C=O) groups excluding carboxylic acids is 2. The highest BCUT2D eigenvalue weighted by atomic mass is 19.1. The van der Waals surface area contributed by atoms with Gasteiger partial charge in [-0.05, 0) is 55.5 Å². The van der Waals surface area contributed by atoms with Crippen LogP contribution in [0.3, 0.4) is 0 Å². The predicted molar refractivity (Wildman–Crippen MR) is 129 cm³/mol. The molecular weight excluding hydrogens is 468 g/mol. The number of ether oxygens (including phenoxy) is 1. The molecule has 0 unspecified atom stereocenters. The molecule has 2 aromatic carbocycles. The first kappa shape index (κ1) is 23.7. The minimum absolute atomic E-state index is 0.0574. The molecule has 10 heteroatoms. The van der Waals surface area contributed by atoms with Gasteiger partial charge in [-0.2, -0.15) is 5.10 Å². The van der Waals surface area contributed by atoms with Gasteiger partial charge in [0.05, 0.1) is 23.7 Å². The Morgan fingerprint density at radius 2 is 1.78 bits per heavy atom. The minimum Gasteiger partial charge on any atom is -0.489 e. The van der Waals surface area contributed by atoms with E-state index in [2.05, 4.69) is 15.5 Å². The van der Waals surface area contributed by atoms with Crippen LogP contribution in [0, 0.1) is 24.5 Å². The van der Waals surface area contributed by atoms with Gasteiger partial charge >= 0.3 is 0 Å². The van der Waals surface area contributed by atoms with Crippen LogP contribution in [0.4, 0.5) is 20.3 Å². The Kier molecular flexibility index (Phi) is 6.49. The maximum Gasteiger partial charge on any atom is 0.256 e. The largest absolute Gasteiger partial charge is 0.489 e. The zero-order valence-electron chi connectivity index (χ0n) is 19.7. The van der Waals surface area contributed by atoms with Crippen molar-refractivity contribution in [2.75, 3.05) is 36.4 Å². The molecule has 2 aliphatic heterocycles. The number of hydrogen-bond donors (Lipinski definition) is 1. The SMILES string of the molecule is Cc1ccc(N2CC(C(=O)Nc3ccc(O[C@@H]4CCN(C(=O)c5ccc(F)cc5F)C4)cc3)C2)nn1. The molecule has 36 heavy (non-hydrogen) atoms. The number of aromatic nitrogens is 2. The van der Waals surface area contributed by atoms with E-state index < -0.39 is 17.5 Å². The molecule has 1 atom stereocenters. The highest BCUT2D eigenvalue weighted by Gasteiger charge is 2.34. The van der Waals surface area contributed by atoms with E-state index >= 15 is 0 Å². The van der Waals surface area contributed by atoms with Gasteiger partial charge in [-0.15, -0.1) is 5.10 Å². The number of carbonyl (C=O) groups is 2. The summed E-state index contributed by atoms with van der Waals surface area (Å²) < 4.78 is 33.1. The molecule has 3 aromatic rings. The van der Waals surface area contributed by atoms with Crippen LogP contribution in [0.5, 0.6) is 5.75 Å². The van der Waals surface area contributed by atoms with Gasteiger partial charge in [0.25, 0.3) is 5.91 Å². The van der Waals surface area contributed by atoms with Crippen LogP contribution in [0.2, 0.25) is 0 Å². The van der Waals surface area contributed by atoms with E-state index in [0.29, 0.717) is 50.1 Å². The fourth-order valence-corrected chi connectivity index (χ4v) is 4.29. The van der Waals surface area contributed by atoms with Gasteiger partial charge in [0, 0.05) is 37.8 Å². The Bertz CT molecular complexity index is 1260. The first-order chi connectivity index (χ1) is 17.4. The molecule has 3 heterocycles. The van der Waals surface area contributed by atoms with Crippen LogP contribution in [0.15, 0.2) is 54.6 Å². The van der Waals surface area contributed by atoms with Gasteiger partial charge in [0.2, 0.25) is 5.91 Å². The second-order valence-electron chi connectivity index (χ2n) is 9.05. The second-order valence-corrected chi connectivity index (χ2v) is 9.05. The van der Waals surface area contributed by atoms with Crippen molar-refractivity contribution >= 4 is 23.3 Å². The van der Waals surface area contributed by atoms with Gasteiger partial charge < -0.3 is 19.9 Å². The molecule has 0 spiro atoms. The van der Waals surface area contributed by atoms with Gasteiger partial charge in [-0.1, -0.05) is 0 Å². The maximum absolute atomic E-state index is 14.0. The second kappa shape index (κ2) is 9.88. The smallest absolute Gasteiger partial charge is 0.256 e. The molecule has 1 N–H and O–H groups in total. The molecular formula is C26H25F2N5O3. The lowest BCUT2D eigenvalue weighted by Crippen LogP contribution is -2.52. The number of rotatable bonds is 6. The third kappa shape index (κ3) is 5.12. The third-order valence-corrected chi connectivity index (χ3v) is 6.38. The molecule has 0 radical (unpaired) electrons. The first-order valence-electron chi connectivity index (χ1n) is 11.7. The van der Waals surface area contributed by atoms with Gasteiger partial charge in [-0.3, -0.25) is 9.59 Å². The van der Waals surface area contributed by atoms with Crippen molar-refractivity contribution in [3.05, 3.63) is 77.5 Å². The summed E-state index contributed by atoms with van der Waals surface area (Å²) in [6.45, 7) is 3.77. The molecule has 2 amide bonds. The van der Waals surface area contributed by atoms with Gasteiger partial charge in [0.15, 0.2) is 5.82 Å². The molecule has 8 nitrogen and oxygen atoms in total. The third-order valence-electron chi connectivity index (χ3n) is 6.38. The number of aryl methyl sites for hydroxylation is 1. The molecule has 186 valence electrons. The van der Waals surface area contributed by atoms with Crippen molar-refractivity contribution < 1.29 is 23.1 Å². The van der Waals surface area contributed by atoms with E-state index in [1.165, 1.54) is 4.90 Å². The number of benzene rings is 2. The highest BCUT2D eigenvalue weighted by Crippen LogP contribution is 2.25. The standard InChI is InChI=1S/C26H25F2N5O3/c1-16-2-9-24(31-30-16)33-13-17(14-33)25(34)29-19-4-6-20(7-5-19)36-21-10-11-32(15-21)26(35)22-8-3-18(27)12-23(22)28/h2-9,12,17,21H,10-11,13-15H2,1H3,(H,29,34)/t21-/m1/s1. The summed E-state index contributed by atoms with van der Waals surface area (Å²) in [7, 11) is 0. The van der Waals surface area contributed by atoms with Crippen LogP contribution in [0.1, 0.15) is 22.5 Å². The average molecular weight is 494 g/mol. The Balaban J connectivity index is 1.09. The highest BCUT2D eigenvalue weighted by molar-refractivity contribution is 5.95. The maximum atomic E-state index is 14.0. The van der Waals surface area contributed by atoms with Crippen LogP contribution in [0.25, 0.3) is 0 Å². The number of anilines is 2. The molecule has 5 rings (SSSR count). The van der Waals surface area contributed by atoms with E-state index in [-0.39, 0.29) is 23.5 Å². The number of nitrogens with one attached hydrogen (secondary N) is 1. The number of likely N-dealkylation sites (tertiary alicyclic amines) is 1. The Morgan fingerprint density at radius 3 is 2.47 bits per heavy atom. The van der Waals surface area contributed by atoms with Crippen molar-refractivity contribution in [1.82, 2.24) is 15.1 Å². The summed E-state index contributed by atoms with van der Waals surface area (Å²) in [5.41, 5.74) is 1.36. The van der Waals surface area contributed by atoms with Crippen LogP contribution in [-0.2, 0) is 4.79 Å². The van der Waals surface area contributed by atoms with E-state index in [4.69, 9.17) is 4.74 Å². The van der Waals surface area contributed by atoms with Crippen LogP contribution >= 0.6 is 0 Å². The first-order valence-corrected chi connectivity index (χ1v) is 11.7. The Hall–Kier alpha value is -4.08. The molecule has 0 aliphatic carbocycles. The topological polar surface area (TPSA) is 87.7 Å². The zero-order valence-corrected chi connectivity index (χ0v) is 19.7. The number of nitrogens with zero attached hydrogens (tertiary/aromatic N) is 4. The molecule has 0 saturated carbocycles. The van der Waals surface area contributed by atoms with Crippen molar-refractivity contribution in [2.24, 2.45) is 5.92 Å². The van der Waals surface area contributed by atoms with Crippen molar-refractivity contribution in [3.8, 4) is 5.75 Å². The summed E-state index contributed by atoms with van der Waals surface area (Å²) in [5, 5.41) is 11.1. The molecule has 0 bridgehead atoms.